The largest absolute Gasteiger partial charge is 0.346 e. The second-order valence-electron chi connectivity index (χ2n) is 6.99. The Hall–Kier alpha value is -2.13. The molecule has 1 heterocycles. The van der Waals surface area contributed by atoms with E-state index in [0.29, 0.717) is 0 Å². The molecule has 3 heteroatoms. The standard InChI is InChI=1S/C22H28N2O/c1-18(20-9-5-4-6-10-20)23-22(25)21-13-11-19(12-14-21)17-24-15-7-2-3-8-16-24/h4-6,9-14,18H,2-3,7-8,15-17H2,1H3,(H,23,25). The number of hydrogen-bond acceptors (Lipinski definition) is 2. The number of amides is 1. The Morgan fingerprint density at radius 2 is 1.60 bits per heavy atom. The monoisotopic (exact) mass is 336 g/mol. The summed E-state index contributed by atoms with van der Waals surface area (Å²) in [6.07, 6.45) is 5.32. The van der Waals surface area contributed by atoms with Crippen LogP contribution in [0, 0.1) is 0 Å². The van der Waals surface area contributed by atoms with Crippen LogP contribution in [0.1, 0.15) is 60.1 Å². The van der Waals surface area contributed by atoms with Crippen molar-refractivity contribution in [2.45, 2.75) is 45.2 Å². The molecule has 2 aromatic carbocycles. The maximum atomic E-state index is 12.5. The second kappa shape index (κ2) is 8.82. The quantitative estimate of drug-likeness (QED) is 0.868. The molecule has 1 N–H and O–H groups in total. The fraction of sp³-hybridized carbons (Fsp3) is 0.409. The van der Waals surface area contributed by atoms with E-state index in [-0.39, 0.29) is 11.9 Å². The van der Waals surface area contributed by atoms with Gasteiger partial charge in [0.05, 0.1) is 6.04 Å². The third kappa shape index (κ3) is 5.17. The maximum absolute atomic E-state index is 12.5. The maximum Gasteiger partial charge on any atom is 0.251 e. The molecule has 3 nitrogen and oxygen atoms in total. The van der Waals surface area contributed by atoms with Gasteiger partial charge in [0, 0.05) is 12.1 Å². The van der Waals surface area contributed by atoms with Gasteiger partial charge in [0.15, 0.2) is 0 Å². The molecule has 1 amide bonds. The molecule has 0 saturated carbocycles. The van der Waals surface area contributed by atoms with Gasteiger partial charge in [-0.15, -0.1) is 0 Å². The molecule has 0 aliphatic carbocycles. The highest BCUT2D eigenvalue weighted by molar-refractivity contribution is 5.94. The lowest BCUT2D eigenvalue weighted by molar-refractivity contribution is 0.0940. The van der Waals surface area contributed by atoms with Gasteiger partial charge in [-0.05, 0) is 56.1 Å². The van der Waals surface area contributed by atoms with Gasteiger partial charge in [0.25, 0.3) is 5.91 Å². The highest BCUT2D eigenvalue weighted by Gasteiger charge is 2.12. The minimum absolute atomic E-state index is 0.00507. The van der Waals surface area contributed by atoms with Crippen molar-refractivity contribution in [1.82, 2.24) is 10.2 Å². The summed E-state index contributed by atoms with van der Waals surface area (Å²) in [6, 6.07) is 18.1. The lowest BCUT2D eigenvalue weighted by Gasteiger charge is -2.20. The van der Waals surface area contributed by atoms with Crippen molar-refractivity contribution in [3.05, 3.63) is 71.3 Å². The highest BCUT2D eigenvalue weighted by Crippen LogP contribution is 2.15. The van der Waals surface area contributed by atoms with E-state index in [1.807, 2.05) is 49.4 Å². The van der Waals surface area contributed by atoms with Gasteiger partial charge >= 0.3 is 0 Å². The van der Waals surface area contributed by atoms with Crippen LogP contribution in [0.25, 0.3) is 0 Å². The van der Waals surface area contributed by atoms with Crippen LogP contribution in [0.4, 0.5) is 0 Å². The van der Waals surface area contributed by atoms with E-state index < -0.39 is 0 Å². The fourth-order valence-corrected chi connectivity index (χ4v) is 3.42. The third-order valence-corrected chi connectivity index (χ3v) is 4.97. The summed E-state index contributed by atoms with van der Waals surface area (Å²) in [5, 5.41) is 3.07. The van der Waals surface area contributed by atoms with E-state index in [2.05, 4.69) is 22.3 Å². The Balaban J connectivity index is 1.56. The zero-order chi connectivity index (χ0) is 17.5. The van der Waals surface area contributed by atoms with Crippen molar-refractivity contribution in [2.75, 3.05) is 13.1 Å². The molecule has 0 radical (unpaired) electrons. The zero-order valence-electron chi connectivity index (χ0n) is 15.1. The van der Waals surface area contributed by atoms with E-state index in [1.165, 1.54) is 44.3 Å². The molecule has 3 rings (SSSR count). The molecule has 1 fully saturated rings. The van der Waals surface area contributed by atoms with E-state index in [1.54, 1.807) is 0 Å². The normalized spacial score (nSPS) is 16.8. The van der Waals surface area contributed by atoms with Crippen molar-refractivity contribution >= 4 is 5.91 Å². The molecular weight excluding hydrogens is 308 g/mol. The first-order valence-electron chi connectivity index (χ1n) is 9.39. The first kappa shape index (κ1) is 17.7. The number of hydrogen-bond donors (Lipinski definition) is 1. The number of carbonyl (C=O) groups excluding carboxylic acids is 1. The predicted molar refractivity (Wildman–Crippen MR) is 103 cm³/mol. The lowest BCUT2D eigenvalue weighted by Crippen LogP contribution is -2.27. The number of likely N-dealkylation sites (tertiary alicyclic amines) is 1. The molecule has 0 aromatic heterocycles. The van der Waals surface area contributed by atoms with E-state index in [9.17, 15) is 4.79 Å². The molecule has 25 heavy (non-hydrogen) atoms. The molecule has 2 aromatic rings. The first-order valence-corrected chi connectivity index (χ1v) is 9.39. The van der Waals surface area contributed by atoms with E-state index in [4.69, 9.17) is 0 Å². The van der Waals surface area contributed by atoms with Crippen LogP contribution in [0.2, 0.25) is 0 Å². The summed E-state index contributed by atoms with van der Waals surface area (Å²) in [4.78, 5) is 15.0. The van der Waals surface area contributed by atoms with Gasteiger partial charge in [-0.2, -0.15) is 0 Å². The van der Waals surface area contributed by atoms with E-state index in [0.717, 1.165) is 17.7 Å². The van der Waals surface area contributed by atoms with Gasteiger partial charge in [0.2, 0.25) is 0 Å². The summed E-state index contributed by atoms with van der Waals surface area (Å²) in [5.74, 6) is -0.0160. The number of rotatable bonds is 5. The Morgan fingerprint density at radius 1 is 0.960 bits per heavy atom. The van der Waals surface area contributed by atoms with Crippen molar-refractivity contribution in [1.29, 1.82) is 0 Å². The van der Waals surface area contributed by atoms with Crippen LogP contribution in [0.5, 0.6) is 0 Å². The topological polar surface area (TPSA) is 32.3 Å². The molecule has 1 saturated heterocycles. The van der Waals surface area contributed by atoms with Gasteiger partial charge in [-0.1, -0.05) is 55.3 Å². The summed E-state index contributed by atoms with van der Waals surface area (Å²) < 4.78 is 0. The molecule has 1 unspecified atom stereocenters. The zero-order valence-corrected chi connectivity index (χ0v) is 15.1. The van der Waals surface area contributed by atoms with Gasteiger partial charge in [-0.3, -0.25) is 9.69 Å². The summed E-state index contributed by atoms with van der Waals surface area (Å²) in [7, 11) is 0. The minimum Gasteiger partial charge on any atom is -0.346 e. The van der Waals surface area contributed by atoms with Crippen molar-refractivity contribution in [2.24, 2.45) is 0 Å². The second-order valence-corrected chi connectivity index (χ2v) is 6.99. The van der Waals surface area contributed by atoms with Crippen LogP contribution < -0.4 is 5.32 Å². The summed E-state index contributed by atoms with van der Waals surface area (Å²) in [5.41, 5.74) is 3.13. The molecule has 1 atom stereocenters. The summed E-state index contributed by atoms with van der Waals surface area (Å²) >= 11 is 0. The number of benzene rings is 2. The Morgan fingerprint density at radius 3 is 2.24 bits per heavy atom. The predicted octanol–water partition coefficient (Wildman–Crippen LogP) is 4.55. The molecular formula is C22H28N2O. The Kier molecular flexibility index (Phi) is 6.24. The number of carbonyl (C=O) groups is 1. The van der Waals surface area contributed by atoms with Gasteiger partial charge < -0.3 is 5.32 Å². The fourth-order valence-electron chi connectivity index (χ4n) is 3.42. The van der Waals surface area contributed by atoms with Crippen LogP contribution >= 0.6 is 0 Å². The molecule has 1 aliphatic heterocycles. The Labute approximate surface area is 151 Å². The SMILES string of the molecule is CC(NC(=O)c1ccc(CN2CCCCCC2)cc1)c1ccccc1. The number of nitrogens with one attached hydrogen (secondary N) is 1. The third-order valence-electron chi connectivity index (χ3n) is 4.97. The smallest absolute Gasteiger partial charge is 0.251 e. The number of nitrogens with zero attached hydrogens (tertiary/aromatic N) is 1. The average molecular weight is 336 g/mol. The van der Waals surface area contributed by atoms with Gasteiger partial charge in [-0.25, -0.2) is 0 Å². The van der Waals surface area contributed by atoms with Crippen molar-refractivity contribution < 1.29 is 4.79 Å². The van der Waals surface area contributed by atoms with Crippen LogP contribution in [0.15, 0.2) is 54.6 Å². The molecule has 132 valence electrons. The molecule has 0 spiro atoms. The summed E-state index contributed by atoms with van der Waals surface area (Å²) in [6.45, 7) is 5.39. The van der Waals surface area contributed by atoms with Crippen molar-refractivity contribution in [3.63, 3.8) is 0 Å². The molecule has 0 bridgehead atoms. The van der Waals surface area contributed by atoms with Crippen LogP contribution in [-0.4, -0.2) is 23.9 Å². The Bertz CT molecular complexity index is 658. The van der Waals surface area contributed by atoms with Gasteiger partial charge in [0.1, 0.15) is 0 Å². The van der Waals surface area contributed by atoms with Crippen LogP contribution in [-0.2, 0) is 6.54 Å². The lowest BCUT2D eigenvalue weighted by atomic mass is 10.1. The first-order chi connectivity index (χ1) is 12.2. The van der Waals surface area contributed by atoms with Crippen molar-refractivity contribution in [3.8, 4) is 0 Å². The van der Waals surface area contributed by atoms with Crippen LogP contribution in [0.3, 0.4) is 0 Å². The highest BCUT2D eigenvalue weighted by atomic mass is 16.1. The minimum atomic E-state index is -0.0160. The average Bonchev–Trinajstić information content (AvgIpc) is 2.91. The van der Waals surface area contributed by atoms with E-state index >= 15 is 0 Å². The molecule has 1 aliphatic rings.